The Kier molecular flexibility index (Phi) is 9.95. The first-order valence-corrected chi connectivity index (χ1v) is 10.5. The molecule has 0 saturated heterocycles. The molecule has 9 heteroatoms. The molecule has 0 saturated carbocycles. The molecule has 132 valence electrons. The van der Waals surface area contributed by atoms with Crippen molar-refractivity contribution in [2.75, 3.05) is 5.75 Å². The van der Waals surface area contributed by atoms with Crippen LogP contribution in [0.3, 0.4) is 0 Å². The molecule has 0 heterocycles. The number of aliphatic carboxylic acids is 2. The minimum absolute atomic E-state index is 0.0148. The number of carbonyl (C=O) groups is 4. The molecule has 0 amide bonds. The summed E-state index contributed by atoms with van der Waals surface area (Å²) in [6, 6.07) is 0. The van der Waals surface area contributed by atoms with E-state index in [1.165, 1.54) is 45.3 Å². The number of Topliss-reactive ketones (excluding diaryl/α,β-unsaturated/α-hetero) is 2. The Morgan fingerprint density at radius 2 is 1.48 bits per heavy atom. The second kappa shape index (κ2) is 10.2. The van der Waals surface area contributed by atoms with Crippen molar-refractivity contribution in [1.29, 1.82) is 0 Å². The van der Waals surface area contributed by atoms with Gasteiger partial charge in [0.05, 0.1) is 11.8 Å². The van der Waals surface area contributed by atoms with Crippen LogP contribution in [0.5, 0.6) is 0 Å². The number of carboxylic acids is 2. The van der Waals surface area contributed by atoms with Gasteiger partial charge in [0.15, 0.2) is 0 Å². The van der Waals surface area contributed by atoms with E-state index in [-0.39, 0.29) is 30.2 Å². The van der Waals surface area contributed by atoms with Gasteiger partial charge in [-0.05, 0) is 37.5 Å². The zero-order chi connectivity index (χ0) is 18.2. The highest BCUT2D eigenvalue weighted by molar-refractivity contribution is 9.09. The van der Waals surface area contributed by atoms with Crippen molar-refractivity contribution in [3.8, 4) is 0 Å². The SMILES string of the molecule is CC(=O)C[C@@H](CSSSC(C)(C)[C@H](CC(C)=O)C(=O)O)C(=O)O. The molecular weight excluding hydrogens is 360 g/mol. The van der Waals surface area contributed by atoms with Gasteiger partial charge < -0.3 is 19.8 Å². The molecule has 0 aliphatic rings. The molecule has 0 aliphatic heterocycles. The highest BCUT2D eigenvalue weighted by Gasteiger charge is 2.37. The lowest BCUT2D eigenvalue weighted by atomic mass is 9.90. The highest BCUT2D eigenvalue weighted by Crippen LogP contribution is 2.48. The van der Waals surface area contributed by atoms with E-state index in [2.05, 4.69) is 0 Å². The van der Waals surface area contributed by atoms with Crippen molar-refractivity contribution in [2.45, 2.75) is 45.3 Å². The molecule has 0 aromatic rings. The Morgan fingerprint density at radius 1 is 0.957 bits per heavy atom. The average Bonchev–Trinajstić information content (AvgIpc) is 2.38. The van der Waals surface area contributed by atoms with Crippen LogP contribution in [-0.4, -0.2) is 44.2 Å². The van der Waals surface area contributed by atoms with Crippen LogP contribution in [-0.2, 0) is 19.2 Å². The van der Waals surface area contributed by atoms with Gasteiger partial charge in [0.2, 0.25) is 0 Å². The average molecular weight is 383 g/mol. The van der Waals surface area contributed by atoms with Gasteiger partial charge in [-0.15, -0.1) is 0 Å². The van der Waals surface area contributed by atoms with Crippen molar-refractivity contribution in [2.24, 2.45) is 11.8 Å². The number of carboxylic acid groups (broad SMARTS) is 2. The van der Waals surface area contributed by atoms with Gasteiger partial charge in [0.25, 0.3) is 0 Å². The smallest absolute Gasteiger partial charge is 0.308 e. The number of ketones is 2. The second-order valence-electron chi connectivity index (χ2n) is 5.78. The first-order chi connectivity index (χ1) is 10.5. The van der Waals surface area contributed by atoms with Crippen LogP contribution in [0.25, 0.3) is 0 Å². The van der Waals surface area contributed by atoms with Crippen LogP contribution in [0, 0.1) is 11.8 Å². The van der Waals surface area contributed by atoms with Gasteiger partial charge in [0, 0.05) is 23.3 Å². The van der Waals surface area contributed by atoms with Crippen molar-refractivity contribution >= 4 is 54.9 Å². The van der Waals surface area contributed by atoms with E-state index >= 15 is 0 Å². The van der Waals surface area contributed by atoms with E-state index in [1.807, 2.05) is 0 Å². The Hall–Kier alpha value is -0.670. The summed E-state index contributed by atoms with van der Waals surface area (Å²) in [5, 5.41) is 18.3. The standard InChI is InChI=1S/C14H22O6S3/c1-8(15)5-10(12(17)18)7-21-23-22-14(3,4)11(13(19)20)6-9(2)16/h10-11H,5-7H2,1-4H3,(H,17,18)(H,19,20)/t10-,11+/m0/s1. The number of hydrogen-bond acceptors (Lipinski definition) is 7. The first-order valence-electron chi connectivity index (χ1n) is 6.89. The fraction of sp³-hybridized carbons (Fsp3) is 0.714. The largest absolute Gasteiger partial charge is 0.481 e. The Labute approximate surface area is 147 Å². The molecule has 2 atom stereocenters. The van der Waals surface area contributed by atoms with Gasteiger partial charge in [-0.3, -0.25) is 9.59 Å². The fourth-order valence-corrected chi connectivity index (χ4v) is 6.96. The lowest BCUT2D eigenvalue weighted by Crippen LogP contribution is -2.34. The van der Waals surface area contributed by atoms with Crippen LogP contribution in [0.4, 0.5) is 0 Å². The third-order valence-electron chi connectivity index (χ3n) is 3.08. The third kappa shape index (κ3) is 9.26. The Morgan fingerprint density at radius 3 is 1.87 bits per heavy atom. The van der Waals surface area contributed by atoms with Gasteiger partial charge >= 0.3 is 11.9 Å². The molecule has 2 N–H and O–H groups in total. The number of rotatable bonds is 12. The summed E-state index contributed by atoms with van der Waals surface area (Å²) in [6.45, 7) is 6.21. The molecular formula is C14H22O6S3. The lowest BCUT2D eigenvalue weighted by molar-refractivity contribution is -0.144. The third-order valence-corrected chi connectivity index (χ3v) is 8.16. The maximum absolute atomic E-state index is 11.3. The minimum Gasteiger partial charge on any atom is -0.481 e. The predicted molar refractivity (Wildman–Crippen MR) is 94.6 cm³/mol. The fourth-order valence-electron chi connectivity index (χ4n) is 1.76. The number of carbonyl (C=O) groups excluding carboxylic acids is 2. The molecule has 0 bridgehead atoms. The topological polar surface area (TPSA) is 109 Å². The second-order valence-corrected chi connectivity index (χ2v) is 10.5. The van der Waals surface area contributed by atoms with Crippen molar-refractivity contribution < 1.29 is 29.4 Å². The molecule has 0 spiro atoms. The summed E-state index contributed by atoms with van der Waals surface area (Å²) in [7, 11) is 3.86. The molecule has 23 heavy (non-hydrogen) atoms. The first kappa shape index (κ1) is 22.3. The van der Waals surface area contributed by atoms with E-state index in [9.17, 15) is 24.3 Å². The van der Waals surface area contributed by atoms with E-state index in [0.717, 1.165) is 0 Å². The van der Waals surface area contributed by atoms with E-state index in [1.54, 1.807) is 13.8 Å². The van der Waals surface area contributed by atoms with E-state index in [4.69, 9.17) is 5.11 Å². The van der Waals surface area contributed by atoms with Crippen molar-refractivity contribution in [1.82, 2.24) is 0 Å². The quantitative estimate of drug-likeness (QED) is 0.388. The molecule has 0 aromatic heterocycles. The van der Waals surface area contributed by atoms with Crippen LogP contribution in [0.1, 0.15) is 40.5 Å². The monoisotopic (exact) mass is 382 g/mol. The Balaban J connectivity index is 4.52. The molecule has 0 aliphatic carbocycles. The molecule has 0 rings (SSSR count). The summed E-state index contributed by atoms with van der Waals surface area (Å²) in [5.74, 6) is -3.71. The van der Waals surface area contributed by atoms with Crippen LogP contribution in [0.15, 0.2) is 0 Å². The van der Waals surface area contributed by atoms with Gasteiger partial charge in [-0.25, -0.2) is 0 Å². The number of hydrogen-bond donors (Lipinski definition) is 2. The van der Waals surface area contributed by atoms with Crippen LogP contribution < -0.4 is 0 Å². The molecule has 0 aromatic carbocycles. The molecule has 6 nitrogen and oxygen atoms in total. The van der Waals surface area contributed by atoms with Crippen molar-refractivity contribution in [3.05, 3.63) is 0 Å². The lowest BCUT2D eigenvalue weighted by Gasteiger charge is -2.29. The zero-order valence-corrected chi connectivity index (χ0v) is 16.0. The highest BCUT2D eigenvalue weighted by atomic mass is 33.5. The predicted octanol–water partition coefficient (Wildman–Crippen LogP) is 3.15. The van der Waals surface area contributed by atoms with E-state index in [0.29, 0.717) is 0 Å². The van der Waals surface area contributed by atoms with Crippen molar-refractivity contribution in [3.63, 3.8) is 0 Å². The summed E-state index contributed by atoms with van der Waals surface area (Å²) < 4.78 is -0.686. The maximum atomic E-state index is 11.3. The zero-order valence-electron chi connectivity index (χ0n) is 13.5. The molecule has 0 unspecified atom stereocenters. The summed E-state index contributed by atoms with van der Waals surface area (Å²) in [4.78, 5) is 44.6. The van der Waals surface area contributed by atoms with Gasteiger partial charge in [-0.1, -0.05) is 21.6 Å². The van der Waals surface area contributed by atoms with Gasteiger partial charge in [0.1, 0.15) is 11.6 Å². The Bertz CT molecular complexity index is 463. The maximum Gasteiger partial charge on any atom is 0.308 e. The van der Waals surface area contributed by atoms with Gasteiger partial charge in [-0.2, -0.15) is 0 Å². The summed E-state index contributed by atoms with van der Waals surface area (Å²) in [6.07, 6.45) is -0.0539. The van der Waals surface area contributed by atoms with Crippen LogP contribution in [0.2, 0.25) is 0 Å². The summed E-state index contributed by atoms with van der Waals surface area (Å²) >= 11 is 0. The molecule has 0 fully saturated rings. The molecule has 0 radical (unpaired) electrons. The summed E-state index contributed by atoms with van der Waals surface area (Å²) in [5.41, 5.74) is 0. The minimum atomic E-state index is -1.02. The van der Waals surface area contributed by atoms with E-state index < -0.39 is 28.5 Å². The van der Waals surface area contributed by atoms with Crippen LogP contribution >= 0.6 is 31.4 Å². The normalized spacial score (nSPS) is 14.1.